The van der Waals surface area contributed by atoms with Crippen LogP contribution in [0.25, 0.3) is 0 Å². The summed E-state index contributed by atoms with van der Waals surface area (Å²) < 4.78 is 3.64. The molecule has 2 aromatic heterocycles. The van der Waals surface area contributed by atoms with E-state index in [1.165, 1.54) is 19.4 Å². The molecule has 0 aliphatic carbocycles. The molecule has 108 valence electrons. The second-order valence-corrected chi connectivity index (χ2v) is 5.64. The molecule has 1 unspecified atom stereocenters. The number of nitrogens with zero attached hydrogens (tertiary/aromatic N) is 7. The first-order chi connectivity index (χ1) is 9.70. The summed E-state index contributed by atoms with van der Waals surface area (Å²) in [4.78, 5) is 2.37. The summed E-state index contributed by atoms with van der Waals surface area (Å²) in [6.45, 7) is 3.08. The molecule has 0 amide bonds. The van der Waals surface area contributed by atoms with Crippen LogP contribution in [0, 0.1) is 0 Å². The second-order valence-electron chi connectivity index (χ2n) is 5.64. The molecule has 20 heavy (non-hydrogen) atoms. The van der Waals surface area contributed by atoms with Crippen molar-refractivity contribution in [3.05, 3.63) is 23.8 Å². The number of aromatic nitrogens is 6. The highest BCUT2D eigenvalue weighted by Gasteiger charge is 2.21. The van der Waals surface area contributed by atoms with Crippen LogP contribution in [0.2, 0.25) is 0 Å². The minimum Gasteiger partial charge on any atom is -0.306 e. The number of likely N-dealkylation sites (N-methyl/N-ethyl adjacent to an activating group) is 1. The van der Waals surface area contributed by atoms with Gasteiger partial charge in [0.2, 0.25) is 0 Å². The second kappa shape index (κ2) is 5.70. The summed E-state index contributed by atoms with van der Waals surface area (Å²) in [7, 11) is 4.05. The Morgan fingerprint density at radius 2 is 2.10 bits per heavy atom. The highest BCUT2D eigenvalue weighted by atomic mass is 15.4. The van der Waals surface area contributed by atoms with Crippen LogP contribution < -0.4 is 0 Å². The Bertz CT molecular complexity index is 559. The molecule has 1 saturated heterocycles. The van der Waals surface area contributed by atoms with Crippen molar-refractivity contribution in [2.45, 2.75) is 31.7 Å². The van der Waals surface area contributed by atoms with Gasteiger partial charge < -0.3 is 4.90 Å². The Hall–Kier alpha value is -1.76. The molecule has 0 N–H and O–H groups in total. The maximum Gasteiger partial charge on any atom is 0.0870 e. The third-order valence-electron chi connectivity index (χ3n) is 3.85. The van der Waals surface area contributed by atoms with E-state index in [2.05, 4.69) is 38.8 Å². The smallest absolute Gasteiger partial charge is 0.0870 e. The largest absolute Gasteiger partial charge is 0.306 e. The molecular weight excluding hydrogens is 254 g/mol. The van der Waals surface area contributed by atoms with Crippen LogP contribution in [-0.2, 0) is 20.0 Å². The summed E-state index contributed by atoms with van der Waals surface area (Å²) in [5.41, 5.74) is 2.11. The van der Waals surface area contributed by atoms with Crippen LogP contribution in [0.5, 0.6) is 0 Å². The van der Waals surface area contributed by atoms with Crippen molar-refractivity contribution in [1.82, 2.24) is 34.9 Å². The van der Waals surface area contributed by atoms with Gasteiger partial charge in [0, 0.05) is 44.9 Å². The van der Waals surface area contributed by atoms with Crippen LogP contribution >= 0.6 is 0 Å². The van der Waals surface area contributed by atoms with Gasteiger partial charge in [0.25, 0.3) is 0 Å². The van der Waals surface area contributed by atoms with Gasteiger partial charge in [0.05, 0.1) is 11.4 Å². The monoisotopic (exact) mass is 275 g/mol. The molecule has 1 atom stereocenters. The third-order valence-corrected chi connectivity index (χ3v) is 3.85. The summed E-state index contributed by atoms with van der Waals surface area (Å²) in [5, 5.41) is 16.6. The minimum atomic E-state index is 0.527. The molecule has 0 saturated carbocycles. The fraction of sp³-hybridized carbons (Fsp3) is 0.692. The molecule has 3 rings (SSSR count). The van der Waals surface area contributed by atoms with Gasteiger partial charge in [-0.15, -0.1) is 10.2 Å². The van der Waals surface area contributed by atoms with Gasteiger partial charge in [-0.3, -0.25) is 9.36 Å². The average molecular weight is 275 g/mol. The third kappa shape index (κ3) is 3.04. The molecule has 1 aliphatic rings. The maximum absolute atomic E-state index is 4.34. The van der Waals surface area contributed by atoms with Crippen molar-refractivity contribution in [2.24, 2.45) is 7.05 Å². The van der Waals surface area contributed by atoms with E-state index in [-0.39, 0.29) is 0 Å². The highest BCUT2D eigenvalue weighted by Crippen LogP contribution is 2.24. The average Bonchev–Trinajstić information content (AvgIpc) is 3.05. The topological polar surface area (TPSA) is 64.7 Å². The molecule has 7 heteroatoms. The van der Waals surface area contributed by atoms with E-state index < -0.39 is 0 Å². The lowest BCUT2D eigenvalue weighted by Gasteiger charge is -2.28. The van der Waals surface area contributed by atoms with Gasteiger partial charge in [-0.1, -0.05) is 10.4 Å². The van der Waals surface area contributed by atoms with E-state index >= 15 is 0 Å². The predicted octanol–water partition coefficient (Wildman–Crippen LogP) is 0.458. The molecule has 3 heterocycles. The standard InChI is InChI=1S/C13H21N7/c1-18-6-3-4-11(8-18)13-10-20(17-15-13)7-5-12-9-19(2)16-14-12/h9-11H,3-8H2,1-2H3. The zero-order chi connectivity index (χ0) is 13.9. The van der Waals surface area contributed by atoms with Crippen molar-refractivity contribution >= 4 is 0 Å². The zero-order valence-corrected chi connectivity index (χ0v) is 12.1. The molecular formula is C13H21N7. The molecule has 1 fully saturated rings. The summed E-state index contributed by atoms with van der Waals surface area (Å²) in [6, 6.07) is 0. The Kier molecular flexibility index (Phi) is 3.77. The van der Waals surface area contributed by atoms with Crippen LogP contribution in [0.1, 0.15) is 30.1 Å². The van der Waals surface area contributed by atoms with E-state index in [9.17, 15) is 0 Å². The van der Waals surface area contributed by atoms with E-state index in [0.717, 1.165) is 30.9 Å². The van der Waals surface area contributed by atoms with Gasteiger partial charge in [0.1, 0.15) is 0 Å². The van der Waals surface area contributed by atoms with E-state index in [1.54, 1.807) is 4.68 Å². The molecule has 2 aromatic rings. The molecule has 0 aromatic carbocycles. The first-order valence-corrected chi connectivity index (χ1v) is 7.14. The number of rotatable bonds is 4. The normalized spacial score (nSPS) is 20.4. The molecule has 0 spiro atoms. The van der Waals surface area contributed by atoms with Crippen molar-refractivity contribution < 1.29 is 0 Å². The maximum atomic E-state index is 4.34. The Morgan fingerprint density at radius 3 is 2.85 bits per heavy atom. The summed E-state index contributed by atoms with van der Waals surface area (Å²) >= 11 is 0. The van der Waals surface area contributed by atoms with Crippen molar-refractivity contribution in [2.75, 3.05) is 20.1 Å². The Labute approximate surface area is 118 Å². The number of hydrogen-bond donors (Lipinski definition) is 0. The van der Waals surface area contributed by atoms with Crippen LogP contribution in [0.15, 0.2) is 12.4 Å². The van der Waals surface area contributed by atoms with Crippen LogP contribution in [-0.4, -0.2) is 55.0 Å². The quantitative estimate of drug-likeness (QED) is 0.811. The first-order valence-electron chi connectivity index (χ1n) is 7.14. The van der Waals surface area contributed by atoms with E-state index in [1.807, 2.05) is 17.9 Å². The number of piperidine rings is 1. The van der Waals surface area contributed by atoms with Crippen LogP contribution in [0.3, 0.4) is 0 Å². The lowest BCUT2D eigenvalue weighted by atomic mass is 9.96. The minimum absolute atomic E-state index is 0.527. The fourth-order valence-corrected chi connectivity index (χ4v) is 2.76. The van der Waals surface area contributed by atoms with Gasteiger partial charge in [-0.05, 0) is 26.4 Å². The van der Waals surface area contributed by atoms with Crippen molar-refractivity contribution in [1.29, 1.82) is 0 Å². The van der Waals surface area contributed by atoms with Gasteiger partial charge in [-0.2, -0.15) is 0 Å². The van der Waals surface area contributed by atoms with Crippen molar-refractivity contribution in [3.63, 3.8) is 0 Å². The van der Waals surface area contributed by atoms with Gasteiger partial charge in [0.15, 0.2) is 0 Å². The van der Waals surface area contributed by atoms with E-state index in [0.29, 0.717) is 5.92 Å². The molecule has 7 nitrogen and oxygen atoms in total. The predicted molar refractivity (Wildman–Crippen MR) is 74.2 cm³/mol. The Morgan fingerprint density at radius 1 is 1.20 bits per heavy atom. The van der Waals surface area contributed by atoms with Crippen molar-refractivity contribution in [3.8, 4) is 0 Å². The molecule has 0 bridgehead atoms. The van der Waals surface area contributed by atoms with Gasteiger partial charge in [-0.25, -0.2) is 0 Å². The fourth-order valence-electron chi connectivity index (χ4n) is 2.76. The number of likely N-dealkylation sites (tertiary alicyclic amines) is 1. The highest BCUT2D eigenvalue weighted by molar-refractivity contribution is 5.04. The lowest BCUT2D eigenvalue weighted by Crippen LogP contribution is -2.30. The van der Waals surface area contributed by atoms with E-state index in [4.69, 9.17) is 0 Å². The molecule has 1 aliphatic heterocycles. The number of aryl methyl sites for hydroxylation is 3. The SMILES string of the molecule is CN1CCCC(c2cn(CCc3cn(C)nn3)nn2)C1. The number of hydrogen-bond acceptors (Lipinski definition) is 5. The molecule has 0 radical (unpaired) electrons. The summed E-state index contributed by atoms with van der Waals surface area (Å²) in [5.74, 6) is 0.527. The van der Waals surface area contributed by atoms with Gasteiger partial charge >= 0.3 is 0 Å². The lowest BCUT2D eigenvalue weighted by molar-refractivity contribution is 0.248. The zero-order valence-electron chi connectivity index (χ0n) is 12.1. The first kappa shape index (κ1) is 13.2. The van der Waals surface area contributed by atoms with Crippen LogP contribution in [0.4, 0.5) is 0 Å². The Balaban J connectivity index is 1.59. The summed E-state index contributed by atoms with van der Waals surface area (Å²) in [6.07, 6.45) is 7.32.